The Balaban J connectivity index is 3.06. The van der Waals surface area contributed by atoms with E-state index in [2.05, 4.69) is 11.7 Å². The molecular formula is C6H15O3PS2. The van der Waals surface area contributed by atoms with Crippen molar-refractivity contribution in [2.75, 3.05) is 11.9 Å². The van der Waals surface area contributed by atoms with Crippen LogP contribution < -0.4 is 0 Å². The van der Waals surface area contributed by atoms with Crippen molar-refractivity contribution in [2.24, 2.45) is 0 Å². The molecule has 0 unspecified atom stereocenters. The van der Waals surface area contributed by atoms with Crippen LogP contribution in [0.5, 0.6) is 0 Å². The van der Waals surface area contributed by atoms with Crippen molar-refractivity contribution < 1.29 is 14.4 Å². The first-order valence-electron chi connectivity index (χ1n) is 3.87. The second kappa shape index (κ2) is 7.27. The topological polar surface area (TPSA) is 57.5 Å². The molecule has 0 aromatic rings. The van der Waals surface area contributed by atoms with E-state index in [1.807, 2.05) is 0 Å². The minimum atomic E-state index is -3.74. The van der Waals surface area contributed by atoms with Gasteiger partial charge in [0, 0.05) is 11.9 Å². The van der Waals surface area contributed by atoms with Crippen molar-refractivity contribution in [3.05, 3.63) is 0 Å². The predicted octanol–water partition coefficient (Wildman–Crippen LogP) is 2.30. The number of unbranched alkanes of at least 4 members (excludes halogenated alkanes) is 3. The lowest BCUT2D eigenvalue weighted by atomic mass is 10.2. The smallest absolute Gasteiger partial charge is 0.324 e. The van der Waals surface area contributed by atoms with Gasteiger partial charge in [0.2, 0.25) is 0 Å². The van der Waals surface area contributed by atoms with Crippen LogP contribution in [0.4, 0.5) is 0 Å². The molecule has 0 aliphatic heterocycles. The van der Waals surface area contributed by atoms with Gasteiger partial charge in [-0.15, -0.1) is 11.7 Å². The van der Waals surface area contributed by atoms with Crippen molar-refractivity contribution in [1.82, 2.24) is 0 Å². The highest BCUT2D eigenvalue weighted by Crippen LogP contribution is 2.35. The summed E-state index contributed by atoms with van der Waals surface area (Å²) in [5.74, 6) is 1.01. The van der Waals surface area contributed by atoms with Crippen LogP contribution in [-0.4, -0.2) is 21.7 Å². The first kappa shape index (κ1) is 12.8. The lowest BCUT2D eigenvalue weighted by Crippen LogP contribution is -1.88. The number of rotatable bonds is 7. The first-order chi connectivity index (χ1) is 5.56. The molecule has 0 bridgehead atoms. The summed E-state index contributed by atoms with van der Waals surface area (Å²) in [4.78, 5) is 17.0. The zero-order chi connectivity index (χ0) is 9.45. The van der Waals surface area contributed by atoms with E-state index in [1.54, 1.807) is 0 Å². The van der Waals surface area contributed by atoms with Crippen molar-refractivity contribution in [3.8, 4) is 0 Å². The Morgan fingerprint density at radius 2 is 1.75 bits per heavy atom. The van der Waals surface area contributed by atoms with Gasteiger partial charge in [0.15, 0.2) is 0 Å². The van der Waals surface area contributed by atoms with Crippen molar-refractivity contribution >= 4 is 30.1 Å². The molecule has 0 saturated carbocycles. The van der Waals surface area contributed by atoms with Gasteiger partial charge in [-0.1, -0.05) is 23.6 Å². The summed E-state index contributed by atoms with van der Waals surface area (Å²) in [5, 5.41) is 0. The van der Waals surface area contributed by atoms with E-state index in [-0.39, 0.29) is 6.16 Å². The summed E-state index contributed by atoms with van der Waals surface area (Å²) in [5.41, 5.74) is 0. The Hall–Kier alpha value is 0.850. The molecule has 0 radical (unpaired) electrons. The highest BCUT2D eigenvalue weighted by atomic mass is 33.1. The summed E-state index contributed by atoms with van der Waals surface area (Å²) in [7, 11) is -2.24. The van der Waals surface area contributed by atoms with E-state index >= 15 is 0 Å². The highest BCUT2D eigenvalue weighted by Gasteiger charge is 2.10. The molecule has 0 aliphatic rings. The van der Waals surface area contributed by atoms with Gasteiger partial charge < -0.3 is 9.79 Å². The molecule has 0 aromatic carbocycles. The molecule has 0 aliphatic carbocycles. The first-order valence-corrected chi connectivity index (χ1v) is 7.71. The number of hydrogen-bond donors (Lipinski definition) is 3. The Morgan fingerprint density at radius 1 is 1.17 bits per heavy atom. The van der Waals surface area contributed by atoms with Crippen LogP contribution in [-0.2, 0) is 4.57 Å². The van der Waals surface area contributed by atoms with E-state index in [4.69, 9.17) is 9.79 Å². The zero-order valence-electron chi connectivity index (χ0n) is 6.85. The maximum atomic E-state index is 10.4. The van der Waals surface area contributed by atoms with Gasteiger partial charge in [0.25, 0.3) is 0 Å². The fourth-order valence-electron chi connectivity index (χ4n) is 0.838. The molecule has 0 amide bonds. The molecule has 0 rings (SSSR count). The van der Waals surface area contributed by atoms with Crippen molar-refractivity contribution in [1.29, 1.82) is 0 Å². The largest absolute Gasteiger partial charge is 0.325 e. The second-order valence-corrected chi connectivity index (χ2v) is 5.85. The number of hydrogen-bond acceptors (Lipinski definition) is 3. The summed E-state index contributed by atoms with van der Waals surface area (Å²) >= 11 is 3.98. The zero-order valence-corrected chi connectivity index (χ0v) is 9.45. The molecule has 0 saturated heterocycles. The van der Waals surface area contributed by atoms with E-state index in [0.717, 1.165) is 25.0 Å². The molecule has 6 heteroatoms. The molecule has 0 heterocycles. The van der Waals surface area contributed by atoms with E-state index < -0.39 is 7.60 Å². The normalized spacial score (nSPS) is 11.9. The van der Waals surface area contributed by atoms with Crippen LogP contribution in [0.2, 0.25) is 0 Å². The van der Waals surface area contributed by atoms with Gasteiger partial charge in [0.1, 0.15) is 0 Å². The highest BCUT2D eigenvalue weighted by molar-refractivity contribution is 8.68. The molecule has 74 valence electrons. The lowest BCUT2D eigenvalue weighted by molar-refractivity contribution is 0.371. The summed E-state index contributed by atoms with van der Waals surface area (Å²) in [6.07, 6.45) is 3.67. The maximum Gasteiger partial charge on any atom is 0.325 e. The minimum Gasteiger partial charge on any atom is -0.324 e. The maximum absolute atomic E-state index is 10.4. The average Bonchev–Trinajstić information content (AvgIpc) is 1.94. The summed E-state index contributed by atoms with van der Waals surface area (Å²) < 4.78 is 10.4. The molecule has 12 heavy (non-hydrogen) atoms. The van der Waals surface area contributed by atoms with Crippen LogP contribution in [0.25, 0.3) is 0 Å². The molecule has 0 fully saturated rings. The Morgan fingerprint density at radius 3 is 2.25 bits per heavy atom. The van der Waals surface area contributed by atoms with Gasteiger partial charge in [-0.05, 0) is 12.8 Å². The second-order valence-electron chi connectivity index (χ2n) is 2.64. The fourth-order valence-corrected chi connectivity index (χ4v) is 2.19. The lowest BCUT2D eigenvalue weighted by Gasteiger charge is -2.02. The SMILES string of the molecule is O=P(O)(O)CCCCCCSS. The molecule has 0 aromatic heterocycles. The molecule has 0 atom stereocenters. The summed E-state index contributed by atoms with van der Waals surface area (Å²) in [6.45, 7) is 0. The van der Waals surface area contributed by atoms with Crippen LogP contribution in [0.15, 0.2) is 0 Å². The summed E-state index contributed by atoms with van der Waals surface area (Å²) in [6, 6.07) is 0. The minimum absolute atomic E-state index is 0.0288. The Kier molecular flexibility index (Phi) is 7.79. The van der Waals surface area contributed by atoms with Crippen LogP contribution in [0.1, 0.15) is 25.7 Å². The van der Waals surface area contributed by atoms with Crippen LogP contribution in [0.3, 0.4) is 0 Å². The van der Waals surface area contributed by atoms with Gasteiger partial charge in [-0.3, -0.25) is 4.57 Å². The Labute approximate surface area is 82.3 Å². The average molecular weight is 230 g/mol. The molecular weight excluding hydrogens is 215 g/mol. The van der Waals surface area contributed by atoms with E-state index in [0.29, 0.717) is 6.42 Å². The van der Waals surface area contributed by atoms with E-state index in [1.165, 1.54) is 10.8 Å². The molecule has 3 nitrogen and oxygen atoms in total. The fraction of sp³-hybridized carbons (Fsp3) is 1.00. The van der Waals surface area contributed by atoms with Crippen molar-refractivity contribution in [2.45, 2.75) is 25.7 Å². The van der Waals surface area contributed by atoms with Crippen LogP contribution >= 0.6 is 30.1 Å². The number of thiol groups is 1. The van der Waals surface area contributed by atoms with E-state index in [9.17, 15) is 4.57 Å². The third-order valence-electron chi connectivity index (χ3n) is 1.44. The third kappa shape index (κ3) is 10.8. The molecule has 0 spiro atoms. The van der Waals surface area contributed by atoms with Gasteiger partial charge in [-0.25, -0.2) is 0 Å². The predicted molar refractivity (Wildman–Crippen MR) is 56.8 cm³/mol. The van der Waals surface area contributed by atoms with Gasteiger partial charge >= 0.3 is 7.60 Å². The third-order valence-corrected chi connectivity index (χ3v) is 3.35. The van der Waals surface area contributed by atoms with Crippen molar-refractivity contribution in [3.63, 3.8) is 0 Å². The van der Waals surface area contributed by atoms with Gasteiger partial charge in [-0.2, -0.15) is 0 Å². The molecule has 2 N–H and O–H groups in total. The quantitative estimate of drug-likeness (QED) is 0.272. The standard InChI is InChI=1S/C6H15O3PS2/c7-10(8,9)5-3-1-2-4-6-12-11/h11H,1-6H2,(H2,7,8,9). The Bertz CT molecular complexity index is 148. The monoisotopic (exact) mass is 230 g/mol. The van der Waals surface area contributed by atoms with Crippen LogP contribution in [0, 0.1) is 0 Å². The van der Waals surface area contributed by atoms with Gasteiger partial charge in [0.05, 0.1) is 0 Å².